The molecule has 1 heterocycles. The lowest BCUT2D eigenvalue weighted by atomic mass is 9.90. The van der Waals surface area contributed by atoms with E-state index in [1.165, 1.54) is 0 Å². The second-order valence-corrected chi connectivity index (χ2v) is 7.89. The molecular weight excluding hydrogens is 352 g/mol. The van der Waals surface area contributed by atoms with Gasteiger partial charge in [-0.05, 0) is 57.6 Å². The average Bonchev–Trinajstić information content (AvgIpc) is 2.74. The topological polar surface area (TPSA) is 49.9 Å². The Bertz CT molecular complexity index is 676. The predicted molar refractivity (Wildman–Crippen MR) is 111 cm³/mol. The number of carbonyl (C=O) groups is 2. The number of nitrogens with zero attached hydrogens (tertiary/aromatic N) is 2. The Morgan fingerprint density at radius 3 is 2.57 bits per heavy atom. The molecule has 0 N–H and O–H groups in total. The fourth-order valence-electron chi connectivity index (χ4n) is 4.49. The summed E-state index contributed by atoms with van der Waals surface area (Å²) in [6, 6.07) is 7.70. The fourth-order valence-corrected chi connectivity index (χ4v) is 4.49. The molecule has 0 saturated heterocycles. The number of benzene rings is 1. The number of ether oxygens (including phenoxy) is 1. The highest BCUT2D eigenvalue weighted by Gasteiger charge is 2.34. The van der Waals surface area contributed by atoms with Crippen LogP contribution < -0.4 is 4.74 Å². The number of fused-ring (bicyclic) bond motifs is 2. The number of hydrogen-bond donors (Lipinski definition) is 0. The second-order valence-electron chi connectivity index (χ2n) is 7.89. The molecule has 1 fully saturated rings. The minimum absolute atomic E-state index is 0.0472. The van der Waals surface area contributed by atoms with Gasteiger partial charge in [-0.3, -0.25) is 9.59 Å². The molecule has 154 valence electrons. The summed E-state index contributed by atoms with van der Waals surface area (Å²) in [5.41, 5.74) is 0.640. The zero-order valence-electron chi connectivity index (χ0n) is 17.4. The van der Waals surface area contributed by atoms with Crippen molar-refractivity contribution >= 4 is 11.8 Å². The Morgan fingerprint density at radius 1 is 1.04 bits per heavy atom. The molecule has 5 heteroatoms. The van der Waals surface area contributed by atoms with E-state index in [0.29, 0.717) is 24.3 Å². The van der Waals surface area contributed by atoms with Gasteiger partial charge in [-0.1, -0.05) is 25.5 Å². The largest absolute Gasteiger partial charge is 0.487 e. The maximum atomic E-state index is 13.1. The minimum atomic E-state index is -0.0472. The Balaban J connectivity index is 1.95. The second kappa shape index (κ2) is 9.94. The van der Waals surface area contributed by atoms with E-state index in [-0.39, 0.29) is 24.0 Å². The van der Waals surface area contributed by atoms with E-state index < -0.39 is 0 Å². The third-order valence-electron chi connectivity index (χ3n) is 6.08. The predicted octanol–water partition coefficient (Wildman–Crippen LogP) is 4.26. The minimum Gasteiger partial charge on any atom is -0.487 e. The summed E-state index contributed by atoms with van der Waals surface area (Å²) >= 11 is 0. The summed E-state index contributed by atoms with van der Waals surface area (Å²) in [5.74, 6) is 0.923. The molecule has 0 radical (unpaired) electrons. The molecule has 2 aliphatic rings. The van der Waals surface area contributed by atoms with Gasteiger partial charge in [-0.25, -0.2) is 0 Å². The molecule has 0 aromatic heterocycles. The SMILES string of the molecule is CCC(=O)N1CCCCCN(CC)C(=O)c2ccccc2O[C@H]2CCCC[C@H]21. The first-order valence-electron chi connectivity index (χ1n) is 11.0. The van der Waals surface area contributed by atoms with Crippen LogP contribution in [0.5, 0.6) is 5.75 Å². The van der Waals surface area contributed by atoms with Crippen LogP contribution in [0.3, 0.4) is 0 Å². The number of hydrogen-bond acceptors (Lipinski definition) is 3. The molecule has 5 nitrogen and oxygen atoms in total. The standard InChI is InChI=1S/C23H34N2O3/c1-3-22(26)25-17-11-5-10-16-24(4-2)23(27)18-12-6-8-14-20(18)28-21-15-9-7-13-19(21)25/h6,8,12,14,19,21H,3-5,7,9-11,13,15-17H2,1-2H3/t19-,21+/m1/s1. The number of amides is 2. The molecule has 28 heavy (non-hydrogen) atoms. The molecule has 1 aliphatic carbocycles. The fraction of sp³-hybridized carbons (Fsp3) is 0.652. The summed E-state index contributed by atoms with van der Waals surface area (Å²) in [6.45, 7) is 6.20. The van der Waals surface area contributed by atoms with Crippen LogP contribution in [-0.4, -0.2) is 53.4 Å². The zero-order chi connectivity index (χ0) is 19.9. The molecule has 0 bridgehead atoms. The van der Waals surface area contributed by atoms with Crippen molar-refractivity contribution in [1.29, 1.82) is 0 Å². The first kappa shape index (κ1) is 20.7. The van der Waals surface area contributed by atoms with E-state index in [2.05, 4.69) is 4.90 Å². The van der Waals surface area contributed by atoms with Crippen molar-refractivity contribution < 1.29 is 14.3 Å². The van der Waals surface area contributed by atoms with Gasteiger partial charge < -0.3 is 14.5 Å². The van der Waals surface area contributed by atoms with Gasteiger partial charge in [-0.15, -0.1) is 0 Å². The lowest BCUT2D eigenvalue weighted by molar-refractivity contribution is -0.136. The monoisotopic (exact) mass is 386 g/mol. The summed E-state index contributed by atoms with van der Waals surface area (Å²) in [6.07, 6.45) is 7.59. The van der Waals surface area contributed by atoms with Crippen molar-refractivity contribution in [3.05, 3.63) is 29.8 Å². The van der Waals surface area contributed by atoms with Gasteiger partial charge in [0.25, 0.3) is 5.91 Å². The van der Waals surface area contributed by atoms with Crippen molar-refractivity contribution in [1.82, 2.24) is 9.80 Å². The van der Waals surface area contributed by atoms with Gasteiger partial charge in [0.1, 0.15) is 11.9 Å². The Labute approximate surface area is 169 Å². The van der Waals surface area contributed by atoms with Crippen LogP contribution in [-0.2, 0) is 4.79 Å². The lowest BCUT2D eigenvalue weighted by Gasteiger charge is -2.40. The molecular formula is C23H34N2O3. The van der Waals surface area contributed by atoms with Crippen LogP contribution in [0.15, 0.2) is 24.3 Å². The van der Waals surface area contributed by atoms with Crippen molar-refractivity contribution in [2.45, 2.75) is 77.4 Å². The highest BCUT2D eigenvalue weighted by molar-refractivity contribution is 5.97. The molecule has 0 unspecified atom stereocenters. The third kappa shape index (κ3) is 4.68. The maximum Gasteiger partial charge on any atom is 0.257 e. The molecule has 1 aliphatic heterocycles. The molecule has 1 saturated carbocycles. The quantitative estimate of drug-likeness (QED) is 0.763. The lowest BCUT2D eigenvalue weighted by Crippen LogP contribution is -2.51. The van der Waals surface area contributed by atoms with Crippen molar-refractivity contribution in [3.8, 4) is 5.75 Å². The summed E-state index contributed by atoms with van der Waals surface area (Å²) in [7, 11) is 0. The Morgan fingerprint density at radius 2 is 1.79 bits per heavy atom. The number of rotatable bonds is 2. The first-order valence-corrected chi connectivity index (χ1v) is 11.0. The van der Waals surface area contributed by atoms with Gasteiger partial charge in [-0.2, -0.15) is 0 Å². The number of carbonyl (C=O) groups excluding carboxylic acids is 2. The van der Waals surface area contributed by atoms with Gasteiger partial charge in [0.2, 0.25) is 5.91 Å². The highest BCUT2D eigenvalue weighted by Crippen LogP contribution is 2.30. The van der Waals surface area contributed by atoms with E-state index >= 15 is 0 Å². The van der Waals surface area contributed by atoms with Crippen LogP contribution in [0, 0.1) is 0 Å². The summed E-state index contributed by atoms with van der Waals surface area (Å²) in [4.78, 5) is 29.8. The van der Waals surface area contributed by atoms with Crippen molar-refractivity contribution in [2.75, 3.05) is 19.6 Å². The smallest absolute Gasteiger partial charge is 0.257 e. The molecule has 1 aromatic carbocycles. The zero-order valence-corrected chi connectivity index (χ0v) is 17.4. The van der Waals surface area contributed by atoms with Gasteiger partial charge in [0.05, 0.1) is 11.6 Å². The normalized spacial score (nSPS) is 24.1. The van der Waals surface area contributed by atoms with Gasteiger partial charge in [0, 0.05) is 26.1 Å². The van der Waals surface area contributed by atoms with Crippen molar-refractivity contribution in [2.24, 2.45) is 0 Å². The van der Waals surface area contributed by atoms with E-state index in [9.17, 15) is 9.59 Å². The van der Waals surface area contributed by atoms with Gasteiger partial charge in [0.15, 0.2) is 0 Å². The van der Waals surface area contributed by atoms with E-state index in [0.717, 1.165) is 58.0 Å². The van der Waals surface area contributed by atoms with Gasteiger partial charge >= 0.3 is 0 Å². The molecule has 2 atom stereocenters. The first-order chi connectivity index (χ1) is 13.7. The summed E-state index contributed by atoms with van der Waals surface area (Å²) in [5, 5.41) is 0. The van der Waals surface area contributed by atoms with E-state index in [1.807, 2.05) is 43.0 Å². The van der Waals surface area contributed by atoms with E-state index in [1.54, 1.807) is 0 Å². The highest BCUT2D eigenvalue weighted by atomic mass is 16.5. The average molecular weight is 387 g/mol. The van der Waals surface area contributed by atoms with Crippen LogP contribution in [0.25, 0.3) is 0 Å². The number of para-hydroxylation sites is 1. The van der Waals surface area contributed by atoms with Crippen LogP contribution in [0.4, 0.5) is 0 Å². The van der Waals surface area contributed by atoms with E-state index in [4.69, 9.17) is 4.74 Å². The Kier molecular flexibility index (Phi) is 7.35. The molecule has 2 amide bonds. The molecule has 0 spiro atoms. The van der Waals surface area contributed by atoms with Crippen LogP contribution in [0.1, 0.15) is 75.6 Å². The van der Waals surface area contributed by atoms with Crippen molar-refractivity contribution in [3.63, 3.8) is 0 Å². The molecule has 1 aromatic rings. The Hall–Kier alpha value is -2.04. The van der Waals surface area contributed by atoms with Crippen LogP contribution >= 0.6 is 0 Å². The maximum absolute atomic E-state index is 13.1. The summed E-state index contributed by atoms with van der Waals surface area (Å²) < 4.78 is 6.46. The van der Waals surface area contributed by atoms with Crippen LogP contribution in [0.2, 0.25) is 0 Å². The molecule has 3 rings (SSSR count). The third-order valence-corrected chi connectivity index (χ3v) is 6.08.